The van der Waals surface area contributed by atoms with Crippen molar-refractivity contribution in [2.45, 2.75) is 39.7 Å². The van der Waals surface area contributed by atoms with Gasteiger partial charge in [0.25, 0.3) is 0 Å². The highest BCUT2D eigenvalue weighted by molar-refractivity contribution is 5.51. The molecule has 0 atom stereocenters. The van der Waals surface area contributed by atoms with E-state index in [9.17, 15) is 0 Å². The summed E-state index contributed by atoms with van der Waals surface area (Å²) >= 11 is 0. The zero-order valence-electron chi connectivity index (χ0n) is 11.1. The molecule has 0 fully saturated rings. The summed E-state index contributed by atoms with van der Waals surface area (Å²) in [7, 11) is 0. The summed E-state index contributed by atoms with van der Waals surface area (Å²) in [5.74, 6) is 0.787. The molecule has 0 saturated carbocycles. The van der Waals surface area contributed by atoms with Crippen LogP contribution >= 0.6 is 0 Å². The standard InChI is InChI=1S/C13H19N5/c1-4-11(5-2)14-12-7-6-8-13(9-12)18-10(3)15-16-17-18/h6-9,11,14H,4-5H2,1-3H3. The number of aryl methyl sites for hydroxylation is 1. The number of anilines is 1. The third-order valence-corrected chi connectivity index (χ3v) is 3.07. The molecule has 1 heterocycles. The molecule has 0 aliphatic rings. The molecule has 1 N–H and O–H groups in total. The summed E-state index contributed by atoms with van der Waals surface area (Å²) < 4.78 is 1.73. The maximum atomic E-state index is 3.97. The van der Waals surface area contributed by atoms with Gasteiger partial charge in [0.15, 0.2) is 5.82 Å². The second kappa shape index (κ2) is 5.62. The Bertz CT molecular complexity index is 502. The van der Waals surface area contributed by atoms with Crippen molar-refractivity contribution in [3.63, 3.8) is 0 Å². The molecule has 0 radical (unpaired) electrons. The first-order valence-electron chi connectivity index (χ1n) is 6.36. The van der Waals surface area contributed by atoms with Crippen LogP contribution < -0.4 is 5.32 Å². The van der Waals surface area contributed by atoms with Crippen molar-refractivity contribution in [1.82, 2.24) is 20.2 Å². The van der Waals surface area contributed by atoms with E-state index in [0.29, 0.717) is 6.04 Å². The third kappa shape index (κ3) is 2.67. The Balaban J connectivity index is 2.23. The van der Waals surface area contributed by atoms with Gasteiger partial charge in [-0.3, -0.25) is 0 Å². The van der Waals surface area contributed by atoms with Crippen molar-refractivity contribution < 1.29 is 0 Å². The zero-order valence-corrected chi connectivity index (χ0v) is 11.1. The number of tetrazole rings is 1. The molecule has 2 rings (SSSR count). The normalized spacial score (nSPS) is 10.9. The predicted octanol–water partition coefficient (Wildman–Crippen LogP) is 2.57. The van der Waals surface area contributed by atoms with Gasteiger partial charge in [0, 0.05) is 11.7 Å². The highest BCUT2D eigenvalue weighted by Gasteiger charge is 2.06. The van der Waals surface area contributed by atoms with Gasteiger partial charge in [0.2, 0.25) is 0 Å². The summed E-state index contributed by atoms with van der Waals surface area (Å²) in [6.45, 7) is 6.27. The Morgan fingerprint density at radius 2 is 2.06 bits per heavy atom. The Labute approximate surface area is 107 Å². The number of rotatable bonds is 5. The lowest BCUT2D eigenvalue weighted by atomic mass is 10.1. The zero-order chi connectivity index (χ0) is 13.0. The van der Waals surface area contributed by atoms with Crippen LogP contribution in [-0.2, 0) is 0 Å². The van der Waals surface area contributed by atoms with Crippen molar-refractivity contribution in [1.29, 1.82) is 0 Å². The maximum Gasteiger partial charge on any atom is 0.153 e. The summed E-state index contributed by atoms with van der Waals surface area (Å²) in [5.41, 5.74) is 2.09. The maximum absolute atomic E-state index is 3.97. The molecule has 5 nitrogen and oxygen atoms in total. The SMILES string of the molecule is CCC(CC)Nc1cccc(-n2nnnc2C)c1. The molecular formula is C13H19N5. The molecule has 1 aromatic heterocycles. The van der Waals surface area contributed by atoms with E-state index >= 15 is 0 Å². The largest absolute Gasteiger partial charge is 0.382 e. The van der Waals surface area contributed by atoms with Gasteiger partial charge >= 0.3 is 0 Å². The first kappa shape index (κ1) is 12.5. The van der Waals surface area contributed by atoms with Gasteiger partial charge in [-0.1, -0.05) is 19.9 Å². The van der Waals surface area contributed by atoms with E-state index in [1.165, 1.54) is 0 Å². The van der Waals surface area contributed by atoms with E-state index in [2.05, 4.69) is 46.8 Å². The van der Waals surface area contributed by atoms with Gasteiger partial charge in [-0.2, -0.15) is 4.68 Å². The molecule has 0 aliphatic heterocycles. The van der Waals surface area contributed by atoms with Crippen molar-refractivity contribution in [3.8, 4) is 5.69 Å². The lowest BCUT2D eigenvalue weighted by Crippen LogP contribution is -2.17. The minimum Gasteiger partial charge on any atom is -0.382 e. The van der Waals surface area contributed by atoms with Crippen molar-refractivity contribution in [2.75, 3.05) is 5.32 Å². The average molecular weight is 245 g/mol. The summed E-state index contributed by atoms with van der Waals surface area (Å²) in [5, 5.41) is 15.1. The second-order valence-corrected chi connectivity index (χ2v) is 4.35. The van der Waals surface area contributed by atoms with Crippen LogP contribution in [0.5, 0.6) is 0 Å². The molecule has 0 aliphatic carbocycles. The van der Waals surface area contributed by atoms with Gasteiger partial charge in [-0.15, -0.1) is 5.10 Å². The molecule has 2 aromatic rings. The summed E-state index contributed by atoms with van der Waals surface area (Å²) in [4.78, 5) is 0. The minimum absolute atomic E-state index is 0.509. The van der Waals surface area contributed by atoms with E-state index in [1.807, 2.05) is 19.1 Å². The van der Waals surface area contributed by atoms with Crippen LogP contribution in [0.1, 0.15) is 32.5 Å². The Hall–Kier alpha value is -1.91. The Kier molecular flexibility index (Phi) is 3.92. The number of hydrogen-bond donors (Lipinski definition) is 1. The topological polar surface area (TPSA) is 55.6 Å². The quantitative estimate of drug-likeness (QED) is 0.879. The Morgan fingerprint density at radius 1 is 1.28 bits per heavy atom. The van der Waals surface area contributed by atoms with Crippen molar-refractivity contribution >= 4 is 5.69 Å². The fourth-order valence-corrected chi connectivity index (χ4v) is 1.93. The Morgan fingerprint density at radius 3 is 2.67 bits per heavy atom. The van der Waals surface area contributed by atoms with Crippen LogP contribution in [-0.4, -0.2) is 26.2 Å². The van der Waals surface area contributed by atoms with Crippen LogP contribution in [0.4, 0.5) is 5.69 Å². The minimum atomic E-state index is 0.509. The van der Waals surface area contributed by atoms with E-state index in [0.717, 1.165) is 30.0 Å². The van der Waals surface area contributed by atoms with Gasteiger partial charge in [-0.25, -0.2) is 0 Å². The van der Waals surface area contributed by atoms with Crippen LogP contribution in [0.3, 0.4) is 0 Å². The van der Waals surface area contributed by atoms with E-state index in [4.69, 9.17) is 0 Å². The highest BCUT2D eigenvalue weighted by atomic mass is 15.5. The van der Waals surface area contributed by atoms with Gasteiger partial charge in [0.05, 0.1) is 5.69 Å². The number of hydrogen-bond acceptors (Lipinski definition) is 4. The highest BCUT2D eigenvalue weighted by Crippen LogP contribution is 2.16. The summed E-state index contributed by atoms with van der Waals surface area (Å²) in [6, 6.07) is 8.67. The first-order valence-corrected chi connectivity index (χ1v) is 6.36. The third-order valence-electron chi connectivity index (χ3n) is 3.07. The number of nitrogens with zero attached hydrogens (tertiary/aromatic N) is 4. The lowest BCUT2D eigenvalue weighted by molar-refractivity contribution is 0.671. The number of aromatic nitrogens is 4. The fourth-order valence-electron chi connectivity index (χ4n) is 1.93. The first-order chi connectivity index (χ1) is 8.74. The van der Waals surface area contributed by atoms with Crippen molar-refractivity contribution in [2.24, 2.45) is 0 Å². The molecule has 0 saturated heterocycles. The van der Waals surface area contributed by atoms with Crippen molar-refractivity contribution in [3.05, 3.63) is 30.1 Å². The molecule has 0 bridgehead atoms. The second-order valence-electron chi connectivity index (χ2n) is 4.35. The number of nitrogens with one attached hydrogen (secondary N) is 1. The molecule has 5 heteroatoms. The van der Waals surface area contributed by atoms with Gasteiger partial charge in [-0.05, 0) is 48.4 Å². The van der Waals surface area contributed by atoms with Crippen LogP contribution in [0, 0.1) is 6.92 Å². The molecule has 18 heavy (non-hydrogen) atoms. The molecule has 0 amide bonds. The van der Waals surface area contributed by atoms with Crippen LogP contribution in [0.25, 0.3) is 5.69 Å². The van der Waals surface area contributed by atoms with E-state index in [1.54, 1.807) is 4.68 Å². The van der Waals surface area contributed by atoms with Crippen LogP contribution in [0.15, 0.2) is 24.3 Å². The van der Waals surface area contributed by atoms with E-state index < -0.39 is 0 Å². The number of benzene rings is 1. The van der Waals surface area contributed by atoms with E-state index in [-0.39, 0.29) is 0 Å². The molecule has 1 aromatic carbocycles. The van der Waals surface area contributed by atoms with Gasteiger partial charge in [0.1, 0.15) is 0 Å². The summed E-state index contributed by atoms with van der Waals surface area (Å²) in [6.07, 6.45) is 2.23. The molecule has 96 valence electrons. The lowest BCUT2D eigenvalue weighted by Gasteiger charge is -2.16. The average Bonchev–Trinajstić information content (AvgIpc) is 2.82. The van der Waals surface area contributed by atoms with Crippen LogP contribution in [0.2, 0.25) is 0 Å². The fraction of sp³-hybridized carbons (Fsp3) is 0.462. The monoisotopic (exact) mass is 245 g/mol. The molecule has 0 spiro atoms. The molecular weight excluding hydrogens is 226 g/mol. The molecule has 0 unspecified atom stereocenters. The smallest absolute Gasteiger partial charge is 0.153 e. The predicted molar refractivity (Wildman–Crippen MR) is 71.9 cm³/mol. The van der Waals surface area contributed by atoms with Gasteiger partial charge < -0.3 is 5.32 Å².